The molecule has 3 N–H and O–H groups in total. The molecule has 0 bridgehead atoms. The molecule has 0 saturated heterocycles. The fourth-order valence-electron chi connectivity index (χ4n) is 3.08. The van der Waals surface area contributed by atoms with Crippen LogP contribution in [0, 0.1) is 0 Å². The van der Waals surface area contributed by atoms with Crippen molar-refractivity contribution in [2.24, 2.45) is 10.7 Å². The first-order valence-corrected chi connectivity index (χ1v) is 8.47. The molecule has 0 spiro atoms. The summed E-state index contributed by atoms with van der Waals surface area (Å²) in [6.45, 7) is 0.644. The number of hydrogen-bond acceptors (Lipinski definition) is 3. The maximum Gasteiger partial charge on any atom is 0.188 e. The molecule has 0 aromatic heterocycles. The van der Waals surface area contributed by atoms with Crippen LogP contribution < -0.4 is 15.8 Å². The van der Waals surface area contributed by atoms with Crippen LogP contribution in [0.15, 0.2) is 29.3 Å². The monoisotopic (exact) mass is 446 g/mol. The minimum Gasteiger partial charge on any atom is -0.497 e. The zero-order valence-electron chi connectivity index (χ0n) is 15.0. The maximum absolute atomic E-state index is 6.08. The molecule has 2 rings (SSSR count). The highest BCUT2D eigenvalue weighted by atomic mass is 127. The zero-order valence-corrected chi connectivity index (χ0v) is 17.3. The third kappa shape index (κ3) is 6.47. The molecule has 0 heterocycles. The number of nitrogens with two attached hydrogens (primary N) is 1. The second kappa shape index (κ2) is 10.8. The van der Waals surface area contributed by atoms with Crippen LogP contribution in [0.3, 0.4) is 0 Å². The Labute approximate surface area is 163 Å². The van der Waals surface area contributed by atoms with Crippen LogP contribution in [-0.2, 0) is 0 Å². The molecular formula is C18H31IN4O. The molecule has 0 amide bonds. The number of likely N-dealkylation sites (N-methyl/N-ethyl adjacent to an activating group) is 1. The maximum atomic E-state index is 6.08. The number of nitrogens with zero attached hydrogens (tertiary/aromatic N) is 2. The highest BCUT2D eigenvalue weighted by molar-refractivity contribution is 14.0. The predicted molar refractivity (Wildman–Crippen MR) is 111 cm³/mol. The number of benzene rings is 1. The highest BCUT2D eigenvalue weighted by Gasteiger charge is 2.16. The minimum atomic E-state index is 0. The van der Waals surface area contributed by atoms with E-state index in [-0.39, 0.29) is 30.0 Å². The van der Waals surface area contributed by atoms with E-state index in [1.165, 1.54) is 37.7 Å². The number of aliphatic imine (C=N–C) groups is 1. The van der Waals surface area contributed by atoms with Gasteiger partial charge in [-0.15, -0.1) is 24.0 Å². The minimum absolute atomic E-state index is 0. The van der Waals surface area contributed by atoms with Crippen LogP contribution in [-0.4, -0.2) is 44.7 Å². The summed E-state index contributed by atoms with van der Waals surface area (Å²) in [4.78, 5) is 6.74. The molecule has 136 valence electrons. The van der Waals surface area contributed by atoms with E-state index < -0.39 is 0 Å². The van der Waals surface area contributed by atoms with E-state index in [1.807, 2.05) is 12.1 Å². The van der Waals surface area contributed by atoms with Gasteiger partial charge in [0, 0.05) is 6.04 Å². The molecule has 1 atom stereocenters. The lowest BCUT2D eigenvalue weighted by Gasteiger charge is -2.25. The SMILES string of the molecule is COc1ccc(C(CN=C(N)NC2CCCCC2)N(C)C)cc1.I. The lowest BCUT2D eigenvalue weighted by molar-refractivity contribution is 0.306. The first-order valence-electron chi connectivity index (χ1n) is 8.47. The second-order valence-electron chi connectivity index (χ2n) is 6.46. The van der Waals surface area contributed by atoms with Crippen LogP contribution in [0.1, 0.15) is 43.7 Å². The molecule has 0 radical (unpaired) electrons. The Morgan fingerprint density at radius 1 is 1.25 bits per heavy atom. The summed E-state index contributed by atoms with van der Waals surface area (Å²) in [7, 11) is 5.81. The Morgan fingerprint density at radius 3 is 2.42 bits per heavy atom. The van der Waals surface area contributed by atoms with Crippen LogP contribution >= 0.6 is 24.0 Å². The van der Waals surface area contributed by atoms with Crippen molar-refractivity contribution < 1.29 is 4.74 Å². The number of halogens is 1. The smallest absolute Gasteiger partial charge is 0.188 e. The summed E-state index contributed by atoms with van der Waals surface area (Å²) in [6, 6.07) is 8.84. The average Bonchev–Trinajstić information content (AvgIpc) is 2.56. The quantitative estimate of drug-likeness (QED) is 0.401. The second-order valence-corrected chi connectivity index (χ2v) is 6.46. The van der Waals surface area contributed by atoms with Crippen LogP contribution in [0.25, 0.3) is 0 Å². The fourth-order valence-corrected chi connectivity index (χ4v) is 3.08. The van der Waals surface area contributed by atoms with Gasteiger partial charge in [-0.1, -0.05) is 31.4 Å². The topological polar surface area (TPSA) is 62.9 Å². The Bertz CT molecular complexity index is 498. The van der Waals surface area contributed by atoms with Crippen molar-refractivity contribution >= 4 is 29.9 Å². The largest absolute Gasteiger partial charge is 0.497 e. The van der Waals surface area contributed by atoms with Crippen molar-refractivity contribution in [1.82, 2.24) is 10.2 Å². The lowest BCUT2D eigenvalue weighted by atomic mass is 9.96. The molecule has 1 aliphatic rings. The van der Waals surface area contributed by atoms with Crippen LogP contribution in [0.4, 0.5) is 0 Å². The molecule has 24 heavy (non-hydrogen) atoms. The lowest BCUT2D eigenvalue weighted by Crippen LogP contribution is -2.41. The third-order valence-electron chi connectivity index (χ3n) is 4.52. The first kappa shape index (κ1) is 21.0. The number of hydrogen-bond donors (Lipinski definition) is 2. The third-order valence-corrected chi connectivity index (χ3v) is 4.52. The van der Waals surface area contributed by atoms with Crippen molar-refractivity contribution in [2.75, 3.05) is 27.7 Å². The van der Waals surface area contributed by atoms with Gasteiger partial charge in [-0.2, -0.15) is 0 Å². The molecule has 1 aliphatic carbocycles. The van der Waals surface area contributed by atoms with Gasteiger partial charge in [0.2, 0.25) is 0 Å². The zero-order chi connectivity index (χ0) is 16.7. The van der Waals surface area contributed by atoms with Crippen molar-refractivity contribution in [2.45, 2.75) is 44.2 Å². The van der Waals surface area contributed by atoms with E-state index in [0.717, 1.165) is 5.75 Å². The Balaban J connectivity index is 0.00000288. The standard InChI is InChI=1S/C18H30N4O.HI/c1-22(2)17(14-9-11-16(23-3)12-10-14)13-20-18(19)21-15-7-5-4-6-8-15;/h9-12,15,17H,4-8,13H2,1-3H3,(H3,19,20,21);1H. The summed E-state index contributed by atoms with van der Waals surface area (Å²) in [6.07, 6.45) is 6.32. The van der Waals surface area contributed by atoms with E-state index in [4.69, 9.17) is 10.5 Å². The molecule has 1 fully saturated rings. The van der Waals surface area contributed by atoms with Gasteiger partial charge in [0.25, 0.3) is 0 Å². The molecule has 1 aromatic carbocycles. The number of guanidine groups is 1. The Hall–Kier alpha value is -1.02. The number of ether oxygens (including phenoxy) is 1. The van der Waals surface area contributed by atoms with Crippen molar-refractivity contribution in [3.8, 4) is 5.75 Å². The van der Waals surface area contributed by atoms with Crippen LogP contribution in [0.2, 0.25) is 0 Å². The van der Waals surface area contributed by atoms with Gasteiger partial charge in [-0.05, 0) is 44.6 Å². The Morgan fingerprint density at radius 2 is 1.88 bits per heavy atom. The molecular weight excluding hydrogens is 415 g/mol. The molecule has 1 aromatic rings. The molecule has 5 nitrogen and oxygen atoms in total. The fraction of sp³-hybridized carbons (Fsp3) is 0.611. The first-order chi connectivity index (χ1) is 11.1. The number of rotatable bonds is 6. The van der Waals surface area contributed by atoms with E-state index in [1.54, 1.807) is 7.11 Å². The molecule has 6 heteroatoms. The normalized spacial score (nSPS) is 17.2. The van der Waals surface area contributed by atoms with E-state index in [2.05, 4.69) is 41.4 Å². The van der Waals surface area contributed by atoms with Crippen molar-refractivity contribution in [3.05, 3.63) is 29.8 Å². The predicted octanol–water partition coefficient (Wildman–Crippen LogP) is 3.15. The highest BCUT2D eigenvalue weighted by Crippen LogP contribution is 2.22. The van der Waals surface area contributed by atoms with Gasteiger partial charge < -0.3 is 20.7 Å². The number of methoxy groups -OCH3 is 1. The van der Waals surface area contributed by atoms with Gasteiger partial charge in [0.1, 0.15) is 5.75 Å². The van der Waals surface area contributed by atoms with Gasteiger partial charge >= 0.3 is 0 Å². The van der Waals surface area contributed by atoms with Crippen LogP contribution in [0.5, 0.6) is 5.75 Å². The summed E-state index contributed by atoms with van der Waals surface area (Å²) < 4.78 is 5.22. The average molecular weight is 446 g/mol. The van der Waals surface area contributed by atoms with Gasteiger partial charge in [0.05, 0.1) is 19.7 Å². The number of nitrogens with one attached hydrogen (secondary N) is 1. The Kier molecular flexibility index (Phi) is 9.43. The summed E-state index contributed by atoms with van der Waals surface area (Å²) in [5.41, 5.74) is 7.29. The summed E-state index contributed by atoms with van der Waals surface area (Å²) >= 11 is 0. The van der Waals surface area contributed by atoms with Gasteiger partial charge in [0.15, 0.2) is 5.96 Å². The molecule has 1 unspecified atom stereocenters. The molecule has 0 aliphatic heterocycles. The van der Waals surface area contributed by atoms with Crippen molar-refractivity contribution in [1.29, 1.82) is 0 Å². The van der Waals surface area contributed by atoms with Crippen molar-refractivity contribution in [3.63, 3.8) is 0 Å². The van der Waals surface area contributed by atoms with Gasteiger partial charge in [-0.25, -0.2) is 0 Å². The van der Waals surface area contributed by atoms with Gasteiger partial charge in [-0.3, -0.25) is 4.99 Å². The van der Waals surface area contributed by atoms with E-state index >= 15 is 0 Å². The molecule has 1 saturated carbocycles. The van der Waals surface area contributed by atoms with E-state index in [9.17, 15) is 0 Å². The summed E-state index contributed by atoms with van der Waals surface area (Å²) in [5, 5.41) is 3.37. The van der Waals surface area contributed by atoms with E-state index in [0.29, 0.717) is 18.5 Å². The summed E-state index contributed by atoms with van der Waals surface area (Å²) in [5.74, 6) is 1.44.